The van der Waals surface area contributed by atoms with E-state index in [0.717, 1.165) is 28.2 Å². The van der Waals surface area contributed by atoms with Crippen LogP contribution in [-0.2, 0) is 18.5 Å². The molecule has 0 saturated heterocycles. The summed E-state index contributed by atoms with van der Waals surface area (Å²) in [6, 6.07) is 10.4. The summed E-state index contributed by atoms with van der Waals surface area (Å²) >= 11 is 1.60. The van der Waals surface area contributed by atoms with Crippen molar-refractivity contribution in [2.75, 3.05) is 11.9 Å². The zero-order chi connectivity index (χ0) is 19.0. The monoisotopic (exact) mass is 380 g/mol. The van der Waals surface area contributed by atoms with Gasteiger partial charge in [0.2, 0.25) is 10.1 Å². The first-order valence-electron chi connectivity index (χ1n) is 9.02. The Morgan fingerprint density at radius 2 is 1.93 bits per heavy atom. The highest BCUT2D eigenvalue weighted by molar-refractivity contribution is 7.20. The number of rotatable bonds is 5. The summed E-state index contributed by atoms with van der Waals surface area (Å²) in [7, 11) is 2.05. The second-order valence-corrected chi connectivity index (χ2v) is 8.74. The van der Waals surface area contributed by atoms with Gasteiger partial charge in [-0.05, 0) is 5.56 Å². The van der Waals surface area contributed by atoms with Gasteiger partial charge in [0, 0.05) is 31.4 Å². The Balaban J connectivity index is 1.51. The van der Waals surface area contributed by atoms with Gasteiger partial charge in [-0.25, -0.2) is 14.5 Å². The first kappa shape index (κ1) is 17.7. The van der Waals surface area contributed by atoms with Crippen molar-refractivity contribution in [3.8, 4) is 0 Å². The summed E-state index contributed by atoms with van der Waals surface area (Å²) in [5.74, 6) is 1.02. The van der Waals surface area contributed by atoms with Crippen LogP contribution in [0.4, 0.5) is 5.13 Å². The first-order chi connectivity index (χ1) is 12.9. The van der Waals surface area contributed by atoms with Crippen molar-refractivity contribution >= 4 is 21.4 Å². The number of fused-ring (bicyclic) bond motifs is 1. The van der Waals surface area contributed by atoms with Crippen LogP contribution < -0.4 is 4.90 Å². The molecule has 27 heavy (non-hydrogen) atoms. The number of nitrogens with zero attached hydrogens (tertiary/aromatic N) is 6. The van der Waals surface area contributed by atoms with Gasteiger partial charge < -0.3 is 9.47 Å². The summed E-state index contributed by atoms with van der Waals surface area (Å²) in [6.07, 6.45) is 5.91. The number of imidazole rings is 2. The minimum absolute atomic E-state index is 0.0294. The number of hydrogen-bond acceptors (Lipinski definition) is 5. The maximum absolute atomic E-state index is 4.73. The lowest BCUT2D eigenvalue weighted by atomic mass is 9.93. The molecule has 1 aromatic carbocycles. The van der Waals surface area contributed by atoms with Crippen molar-refractivity contribution in [2.45, 2.75) is 39.3 Å². The summed E-state index contributed by atoms with van der Waals surface area (Å²) in [5, 5.41) is 5.64. The number of aromatic nitrogens is 5. The number of hydrogen-bond donors (Lipinski definition) is 0. The van der Waals surface area contributed by atoms with Gasteiger partial charge >= 0.3 is 0 Å². The molecule has 4 rings (SSSR count). The third kappa shape index (κ3) is 3.73. The number of benzene rings is 1. The minimum Gasteiger partial charge on any atom is -0.342 e. The molecule has 3 heterocycles. The lowest BCUT2D eigenvalue weighted by Gasteiger charge is -2.16. The van der Waals surface area contributed by atoms with E-state index in [1.54, 1.807) is 11.3 Å². The average Bonchev–Trinajstić information content (AvgIpc) is 3.30. The van der Waals surface area contributed by atoms with E-state index in [1.165, 1.54) is 5.56 Å². The minimum atomic E-state index is 0.0294. The fourth-order valence-corrected chi connectivity index (χ4v) is 3.74. The van der Waals surface area contributed by atoms with Gasteiger partial charge in [-0.2, -0.15) is 0 Å². The molecule has 6 nitrogen and oxygen atoms in total. The molecule has 0 spiro atoms. The zero-order valence-corrected chi connectivity index (χ0v) is 16.9. The molecule has 0 aliphatic heterocycles. The van der Waals surface area contributed by atoms with E-state index < -0.39 is 0 Å². The number of anilines is 1. The van der Waals surface area contributed by atoms with Crippen molar-refractivity contribution in [3.05, 3.63) is 66.0 Å². The van der Waals surface area contributed by atoms with Gasteiger partial charge in [0.25, 0.3) is 0 Å². The molecular formula is C20H24N6S. The second-order valence-electron chi connectivity index (χ2n) is 7.80. The van der Waals surface area contributed by atoms with Crippen molar-refractivity contribution in [1.82, 2.24) is 24.1 Å². The topological polar surface area (TPSA) is 51.2 Å². The van der Waals surface area contributed by atoms with Crippen LogP contribution in [0.25, 0.3) is 4.96 Å². The maximum atomic E-state index is 4.73. The lowest BCUT2D eigenvalue weighted by molar-refractivity contribution is 0.572. The van der Waals surface area contributed by atoms with Crippen LogP contribution >= 0.6 is 11.3 Å². The lowest BCUT2D eigenvalue weighted by Crippen LogP contribution is -2.20. The average molecular weight is 381 g/mol. The van der Waals surface area contributed by atoms with Crippen LogP contribution in [0.2, 0.25) is 0 Å². The largest absolute Gasteiger partial charge is 0.342 e. The molecule has 3 aromatic heterocycles. The highest BCUT2D eigenvalue weighted by Gasteiger charge is 2.20. The molecule has 0 saturated carbocycles. The highest BCUT2D eigenvalue weighted by Crippen LogP contribution is 2.27. The third-order valence-corrected chi connectivity index (χ3v) is 5.54. The maximum Gasteiger partial charge on any atom is 0.214 e. The van der Waals surface area contributed by atoms with E-state index in [2.05, 4.69) is 59.5 Å². The van der Waals surface area contributed by atoms with Gasteiger partial charge in [0.1, 0.15) is 5.82 Å². The SMILES string of the molecule is CN(Cc1nccn1Cc1ccccc1)c1nn2cc(C(C)(C)C)nc2s1. The van der Waals surface area contributed by atoms with Crippen LogP contribution in [0.3, 0.4) is 0 Å². The Kier molecular flexibility index (Phi) is 4.47. The second kappa shape index (κ2) is 6.81. The van der Waals surface area contributed by atoms with E-state index in [9.17, 15) is 0 Å². The van der Waals surface area contributed by atoms with E-state index in [1.807, 2.05) is 36.2 Å². The summed E-state index contributed by atoms with van der Waals surface area (Å²) in [4.78, 5) is 12.3. The Bertz CT molecular complexity index is 1010. The van der Waals surface area contributed by atoms with Crippen molar-refractivity contribution in [2.24, 2.45) is 0 Å². The van der Waals surface area contributed by atoms with Crippen LogP contribution in [0.5, 0.6) is 0 Å². The smallest absolute Gasteiger partial charge is 0.214 e. The fourth-order valence-electron chi connectivity index (χ4n) is 2.90. The van der Waals surface area contributed by atoms with Crippen molar-refractivity contribution in [1.29, 1.82) is 0 Å². The molecule has 0 fully saturated rings. The molecule has 0 atom stereocenters. The molecule has 0 bridgehead atoms. The van der Waals surface area contributed by atoms with Crippen LogP contribution in [0, 0.1) is 0 Å². The predicted molar refractivity (Wildman–Crippen MR) is 109 cm³/mol. The van der Waals surface area contributed by atoms with E-state index >= 15 is 0 Å². The Hall–Kier alpha value is -2.67. The van der Waals surface area contributed by atoms with Crippen molar-refractivity contribution < 1.29 is 0 Å². The van der Waals surface area contributed by atoms with E-state index in [-0.39, 0.29) is 5.41 Å². The first-order valence-corrected chi connectivity index (χ1v) is 9.83. The Labute approximate surface area is 163 Å². The molecule has 0 radical (unpaired) electrons. The summed E-state index contributed by atoms with van der Waals surface area (Å²) in [6.45, 7) is 8.01. The van der Waals surface area contributed by atoms with Gasteiger partial charge in [-0.3, -0.25) is 0 Å². The molecule has 4 aromatic rings. The van der Waals surface area contributed by atoms with Gasteiger partial charge in [-0.15, -0.1) is 5.10 Å². The van der Waals surface area contributed by atoms with Gasteiger partial charge in [0.15, 0.2) is 0 Å². The molecule has 0 N–H and O–H groups in total. The summed E-state index contributed by atoms with van der Waals surface area (Å²) < 4.78 is 4.07. The molecular weight excluding hydrogens is 356 g/mol. The van der Waals surface area contributed by atoms with Crippen LogP contribution in [0.1, 0.15) is 37.9 Å². The fraction of sp³-hybridized carbons (Fsp3) is 0.350. The van der Waals surface area contributed by atoms with Crippen molar-refractivity contribution in [3.63, 3.8) is 0 Å². The molecule has 0 unspecified atom stereocenters. The van der Waals surface area contributed by atoms with Crippen LogP contribution in [-0.4, -0.2) is 31.2 Å². The molecule has 140 valence electrons. The predicted octanol–water partition coefficient (Wildman–Crippen LogP) is 3.97. The highest BCUT2D eigenvalue weighted by atomic mass is 32.1. The normalized spacial score (nSPS) is 12.0. The van der Waals surface area contributed by atoms with Gasteiger partial charge in [0.05, 0.1) is 18.4 Å². The molecule has 0 amide bonds. The Morgan fingerprint density at radius 3 is 2.63 bits per heavy atom. The quantitative estimate of drug-likeness (QED) is 0.526. The van der Waals surface area contributed by atoms with E-state index in [0.29, 0.717) is 6.54 Å². The van der Waals surface area contributed by atoms with Crippen LogP contribution in [0.15, 0.2) is 48.9 Å². The third-order valence-electron chi connectivity index (χ3n) is 4.50. The molecule has 7 heteroatoms. The van der Waals surface area contributed by atoms with Gasteiger partial charge in [-0.1, -0.05) is 62.4 Å². The zero-order valence-electron chi connectivity index (χ0n) is 16.1. The summed E-state index contributed by atoms with van der Waals surface area (Å²) in [5.41, 5.74) is 2.36. The molecule has 0 aliphatic carbocycles. The van der Waals surface area contributed by atoms with E-state index in [4.69, 9.17) is 10.1 Å². The Morgan fingerprint density at radius 1 is 1.15 bits per heavy atom. The standard InChI is InChI=1S/C20H24N6S/c1-20(2,3)16-13-26-18(22-16)27-19(23-26)24(4)14-17-21-10-11-25(17)12-15-8-6-5-7-9-15/h5-11,13H,12,14H2,1-4H3. The molecule has 0 aliphatic rings.